The van der Waals surface area contributed by atoms with Gasteiger partial charge < -0.3 is 14.6 Å². The normalized spacial score (nSPS) is 19.1. The summed E-state index contributed by atoms with van der Waals surface area (Å²) in [5.41, 5.74) is 2.20. The molecule has 5 heterocycles. The molecule has 1 amide bonds. The zero-order chi connectivity index (χ0) is 24.9. The Morgan fingerprint density at radius 2 is 2.11 bits per heavy atom. The number of nitrogens with zero attached hydrogens (tertiary/aromatic N) is 4. The van der Waals surface area contributed by atoms with Gasteiger partial charge in [-0.1, -0.05) is 12.1 Å². The second-order valence-corrected chi connectivity index (χ2v) is 12.8. The predicted molar refractivity (Wildman–Crippen MR) is 141 cm³/mol. The number of amides is 1. The molecule has 12 heteroatoms. The number of hydrogen-bond acceptors (Lipinski definition) is 8. The second kappa shape index (κ2) is 9.27. The molecular weight excluding hydrogens is 518 g/mol. The number of sulfonamides is 1. The summed E-state index contributed by atoms with van der Waals surface area (Å²) in [7, 11) is -2.21. The van der Waals surface area contributed by atoms with E-state index < -0.39 is 10.0 Å². The van der Waals surface area contributed by atoms with E-state index in [9.17, 15) is 13.2 Å². The number of aromatic nitrogens is 2. The van der Waals surface area contributed by atoms with Gasteiger partial charge in [0, 0.05) is 55.1 Å². The van der Waals surface area contributed by atoms with Crippen LogP contribution < -0.4 is 4.31 Å². The first kappa shape index (κ1) is 23.6. The van der Waals surface area contributed by atoms with Gasteiger partial charge in [0.1, 0.15) is 16.5 Å². The van der Waals surface area contributed by atoms with Gasteiger partial charge in [0.15, 0.2) is 0 Å². The molecule has 6 rings (SSSR count). The fourth-order valence-electron chi connectivity index (χ4n) is 4.93. The summed E-state index contributed by atoms with van der Waals surface area (Å²) < 4.78 is 34.4. The Morgan fingerprint density at radius 3 is 2.94 bits per heavy atom. The molecule has 0 radical (unpaired) electrons. The Labute approximate surface area is 217 Å². The number of H-pyrrole nitrogens is 1. The molecule has 0 saturated carbocycles. The highest BCUT2D eigenvalue weighted by Gasteiger charge is 2.35. The van der Waals surface area contributed by atoms with E-state index in [1.165, 1.54) is 27.0 Å². The van der Waals surface area contributed by atoms with Gasteiger partial charge >= 0.3 is 0 Å². The third-order valence-corrected chi connectivity index (χ3v) is 10.5. The number of rotatable bonds is 6. The van der Waals surface area contributed by atoms with Crippen LogP contribution in [0.25, 0.3) is 21.6 Å². The maximum atomic E-state index is 13.8. The second-order valence-electron chi connectivity index (χ2n) is 8.93. The first-order valence-electron chi connectivity index (χ1n) is 11.6. The number of nitrogens with one attached hydrogen (secondary N) is 1. The Bertz CT molecular complexity index is 1510. The van der Waals surface area contributed by atoms with E-state index in [-0.39, 0.29) is 18.6 Å². The van der Waals surface area contributed by atoms with E-state index in [0.717, 1.165) is 26.5 Å². The minimum atomic E-state index is -3.80. The summed E-state index contributed by atoms with van der Waals surface area (Å²) >= 11 is 2.97. The smallest absolute Gasteiger partial charge is 0.265 e. The van der Waals surface area contributed by atoms with E-state index in [0.29, 0.717) is 43.4 Å². The quantitative estimate of drug-likeness (QED) is 0.401. The summed E-state index contributed by atoms with van der Waals surface area (Å²) in [5.74, 6) is 0.0309. The number of ether oxygens (including phenoxy) is 1. The number of benzene rings is 1. The number of carbonyl (C=O) groups excluding carboxylic acids is 1. The number of thiophene rings is 1. The lowest BCUT2D eigenvalue weighted by atomic mass is 10.1. The first-order chi connectivity index (χ1) is 17.4. The zero-order valence-corrected chi connectivity index (χ0v) is 22.0. The zero-order valence-electron chi connectivity index (χ0n) is 19.6. The molecule has 2 fully saturated rings. The lowest BCUT2D eigenvalue weighted by Gasteiger charge is -2.43. The van der Waals surface area contributed by atoms with Crippen LogP contribution in [0.1, 0.15) is 4.88 Å². The highest BCUT2D eigenvalue weighted by Crippen LogP contribution is 2.35. The summed E-state index contributed by atoms with van der Waals surface area (Å²) in [6, 6.07) is 9.33. The maximum Gasteiger partial charge on any atom is 0.265 e. The number of anilines is 1. The van der Waals surface area contributed by atoms with Crippen LogP contribution in [-0.2, 0) is 26.1 Å². The fourth-order valence-corrected chi connectivity index (χ4v) is 8.19. The average molecular weight is 544 g/mol. The third-order valence-electron chi connectivity index (χ3n) is 6.77. The first-order valence-corrected chi connectivity index (χ1v) is 14.8. The van der Waals surface area contributed by atoms with E-state index in [1.807, 2.05) is 39.9 Å². The van der Waals surface area contributed by atoms with Crippen LogP contribution in [0.2, 0.25) is 0 Å². The highest BCUT2D eigenvalue weighted by atomic mass is 32.2. The molecule has 188 valence electrons. The molecule has 36 heavy (non-hydrogen) atoms. The lowest BCUT2D eigenvalue weighted by Crippen LogP contribution is -2.59. The van der Waals surface area contributed by atoms with Crippen molar-refractivity contribution in [3.8, 4) is 10.7 Å². The Hall–Kier alpha value is -2.77. The van der Waals surface area contributed by atoms with Crippen LogP contribution >= 0.6 is 22.7 Å². The number of carbonyl (C=O) groups is 1. The number of morpholine rings is 1. The number of aromatic amines is 1. The van der Waals surface area contributed by atoms with E-state index in [1.54, 1.807) is 19.3 Å². The summed E-state index contributed by atoms with van der Waals surface area (Å²) in [6.45, 7) is 3.19. The molecule has 0 bridgehead atoms. The molecule has 0 spiro atoms. The molecule has 3 aromatic heterocycles. The van der Waals surface area contributed by atoms with Crippen molar-refractivity contribution in [1.82, 2.24) is 19.8 Å². The van der Waals surface area contributed by atoms with Gasteiger partial charge in [-0.2, -0.15) is 0 Å². The molecule has 2 aliphatic heterocycles. The SMILES string of the molecule is CN(c1cccc2cc(-c3nccs3)[nH]c12)S(=O)(=O)c1ccsc1CN1CCN2C(=O)COCC2C1. The van der Waals surface area contributed by atoms with Gasteiger partial charge in [-0.15, -0.1) is 22.7 Å². The number of hydrogen-bond donors (Lipinski definition) is 1. The number of fused-ring (bicyclic) bond motifs is 2. The third kappa shape index (κ3) is 4.12. The van der Waals surface area contributed by atoms with Crippen molar-refractivity contribution in [1.29, 1.82) is 0 Å². The van der Waals surface area contributed by atoms with Crippen LogP contribution in [0.4, 0.5) is 5.69 Å². The number of thiazole rings is 1. The van der Waals surface area contributed by atoms with E-state index in [2.05, 4.69) is 14.9 Å². The van der Waals surface area contributed by atoms with Gasteiger partial charge in [-0.25, -0.2) is 13.4 Å². The van der Waals surface area contributed by atoms with Crippen molar-refractivity contribution in [3.63, 3.8) is 0 Å². The molecule has 1 N–H and O–H groups in total. The van der Waals surface area contributed by atoms with Crippen molar-refractivity contribution < 1.29 is 17.9 Å². The molecule has 2 aliphatic rings. The van der Waals surface area contributed by atoms with Crippen LogP contribution in [-0.4, -0.2) is 80.0 Å². The number of para-hydroxylation sites is 1. The summed E-state index contributed by atoms with van der Waals surface area (Å²) in [4.78, 5) is 25.0. The van der Waals surface area contributed by atoms with Crippen LogP contribution in [0.15, 0.2) is 52.2 Å². The Morgan fingerprint density at radius 1 is 1.22 bits per heavy atom. The molecule has 0 aliphatic carbocycles. The molecule has 4 aromatic rings. The van der Waals surface area contributed by atoms with Crippen molar-refractivity contribution >= 4 is 55.2 Å². The van der Waals surface area contributed by atoms with Crippen molar-refractivity contribution in [3.05, 3.63) is 52.2 Å². The van der Waals surface area contributed by atoms with Crippen molar-refractivity contribution in [2.75, 3.05) is 44.2 Å². The molecule has 1 unspecified atom stereocenters. The van der Waals surface area contributed by atoms with Gasteiger partial charge in [0.05, 0.1) is 29.5 Å². The fraction of sp³-hybridized carbons (Fsp3) is 0.333. The summed E-state index contributed by atoms with van der Waals surface area (Å²) in [5, 5.41) is 5.52. The topological polar surface area (TPSA) is 98.8 Å². The maximum absolute atomic E-state index is 13.8. The lowest BCUT2D eigenvalue weighted by molar-refractivity contribution is -0.152. The standard InChI is InChI=1S/C24H25N5O4S3/c1-27(19-4-2-3-16-11-18(26-23(16)19)24-25-6-10-35-24)36(31,32)21-5-9-34-20(21)13-28-7-8-29-17(12-28)14-33-15-22(29)30/h2-6,9-11,17,26H,7-8,12-15H2,1H3. The molecule has 9 nitrogen and oxygen atoms in total. The van der Waals surface area contributed by atoms with Crippen molar-refractivity contribution in [2.24, 2.45) is 0 Å². The van der Waals surface area contributed by atoms with Gasteiger partial charge in [0.2, 0.25) is 5.91 Å². The van der Waals surface area contributed by atoms with Crippen LogP contribution in [0.3, 0.4) is 0 Å². The Kier molecular flexibility index (Phi) is 6.08. The minimum Gasteiger partial charge on any atom is -0.369 e. The molecule has 1 atom stereocenters. The largest absolute Gasteiger partial charge is 0.369 e. The molecule has 1 aromatic carbocycles. The average Bonchev–Trinajstić information content (AvgIpc) is 3.64. The van der Waals surface area contributed by atoms with Crippen molar-refractivity contribution in [2.45, 2.75) is 17.5 Å². The van der Waals surface area contributed by atoms with Crippen LogP contribution in [0, 0.1) is 0 Å². The minimum absolute atomic E-state index is 0.0141. The van der Waals surface area contributed by atoms with Crippen LogP contribution in [0.5, 0.6) is 0 Å². The summed E-state index contributed by atoms with van der Waals surface area (Å²) in [6.07, 6.45) is 1.75. The van der Waals surface area contributed by atoms with Gasteiger partial charge in [0.25, 0.3) is 10.0 Å². The molecular formula is C24H25N5O4S3. The monoisotopic (exact) mass is 543 g/mol. The van der Waals surface area contributed by atoms with E-state index >= 15 is 0 Å². The van der Waals surface area contributed by atoms with Gasteiger partial charge in [-0.05, 0) is 23.6 Å². The predicted octanol–water partition coefficient (Wildman–Crippen LogP) is 3.22. The van der Waals surface area contributed by atoms with Gasteiger partial charge in [-0.3, -0.25) is 14.0 Å². The highest BCUT2D eigenvalue weighted by molar-refractivity contribution is 7.93. The van der Waals surface area contributed by atoms with E-state index in [4.69, 9.17) is 4.74 Å². The Balaban J connectivity index is 1.26. The number of piperazine rings is 1. The molecule has 2 saturated heterocycles.